The fourth-order valence-corrected chi connectivity index (χ4v) is 1.60. The molecule has 0 atom stereocenters. The summed E-state index contributed by atoms with van der Waals surface area (Å²) >= 11 is 0. The molecule has 0 rings (SSSR count). The summed E-state index contributed by atoms with van der Waals surface area (Å²) in [5.74, 6) is 0. The first-order valence-electron chi connectivity index (χ1n) is 5.02. The van der Waals surface area contributed by atoms with Crippen molar-refractivity contribution in [2.45, 2.75) is 58.5 Å². The maximum absolute atomic E-state index is 10.1. The summed E-state index contributed by atoms with van der Waals surface area (Å²) in [4.78, 5) is 0. The predicted molar refractivity (Wildman–Crippen MR) is 54.2 cm³/mol. The van der Waals surface area contributed by atoms with E-state index in [9.17, 15) is 5.11 Å². The molecule has 0 aromatic heterocycles. The SMILES string of the molecule is CC=CCC(O)(CCC)CCC. The van der Waals surface area contributed by atoms with Gasteiger partial charge in [-0.3, -0.25) is 0 Å². The largest absolute Gasteiger partial charge is 0.390 e. The fourth-order valence-electron chi connectivity index (χ4n) is 1.60. The molecule has 72 valence electrons. The van der Waals surface area contributed by atoms with Gasteiger partial charge in [0.25, 0.3) is 0 Å². The van der Waals surface area contributed by atoms with Crippen LogP contribution in [0.15, 0.2) is 12.2 Å². The van der Waals surface area contributed by atoms with E-state index in [1.807, 2.05) is 13.0 Å². The lowest BCUT2D eigenvalue weighted by molar-refractivity contribution is 0.0242. The summed E-state index contributed by atoms with van der Waals surface area (Å²) in [6.07, 6.45) is 8.85. The van der Waals surface area contributed by atoms with Crippen molar-refractivity contribution in [3.05, 3.63) is 12.2 Å². The number of allylic oxidation sites excluding steroid dienone is 1. The van der Waals surface area contributed by atoms with E-state index in [1.54, 1.807) is 0 Å². The van der Waals surface area contributed by atoms with Crippen LogP contribution < -0.4 is 0 Å². The van der Waals surface area contributed by atoms with Crippen molar-refractivity contribution in [2.75, 3.05) is 0 Å². The molecule has 0 saturated heterocycles. The minimum absolute atomic E-state index is 0.435. The first-order chi connectivity index (χ1) is 5.68. The number of hydrogen-bond donors (Lipinski definition) is 1. The monoisotopic (exact) mass is 170 g/mol. The van der Waals surface area contributed by atoms with Crippen molar-refractivity contribution in [1.82, 2.24) is 0 Å². The Hall–Kier alpha value is -0.300. The second kappa shape index (κ2) is 6.24. The van der Waals surface area contributed by atoms with E-state index in [0.29, 0.717) is 0 Å². The molecular weight excluding hydrogens is 148 g/mol. The molecule has 0 aliphatic heterocycles. The molecule has 12 heavy (non-hydrogen) atoms. The average Bonchev–Trinajstić information content (AvgIpc) is 2.02. The second-order valence-electron chi connectivity index (χ2n) is 3.50. The Labute approximate surface area is 76.5 Å². The second-order valence-corrected chi connectivity index (χ2v) is 3.50. The molecule has 0 unspecified atom stereocenters. The molecule has 1 nitrogen and oxygen atoms in total. The molecule has 0 bridgehead atoms. The van der Waals surface area contributed by atoms with Gasteiger partial charge in [0.05, 0.1) is 5.60 Å². The highest BCUT2D eigenvalue weighted by Gasteiger charge is 2.22. The quantitative estimate of drug-likeness (QED) is 0.606. The summed E-state index contributed by atoms with van der Waals surface area (Å²) in [6, 6.07) is 0. The Balaban J connectivity index is 3.97. The lowest BCUT2D eigenvalue weighted by Crippen LogP contribution is -2.27. The van der Waals surface area contributed by atoms with Gasteiger partial charge in [0.1, 0.15) is 0 Å². The highest BCUT2D eigenvalue weighted by Crippen LogP contribution is 2.23. The number of rotatable bonds is 6. The van der Waals surface area contributed by atoms with Gasteiger partial charge in [-0.2, -0.15) is 0 Å². The van der Waals surface area contributed by atoms with Crippen LogP contribution in [0.25, 0.3) is 0 Å². The summed E-state index contributed by atoms with van der Waals surface area (Å²) in [5, 5.41) is 10.1. The van der Waals surface area contributed by atoms with Crippen molar-refractivity contribution in [3.63, 3.8) is 0 Å². The molecular formula is C11H22O. The smallest absolute Gasteiger partial charge is 0.0681 e. The Kier molecular flexibility index (Phi) is 6.09. The summed E-state index contributed by atoms with van der Waals surface area (Å²) < 4.78 is 0. The maximum Gasteiger partial charge on any atom is 0.0681 e. The van der Waals surface area contributed by atoms with Crippen LogP contribution in [-0.2, 0) is 0 Å². The van der Waals surface area contributed by atoms with Crippen LogP contribution in [0.5, 0.6) is 0 Å². The zero-order valence-electron chi connectivity index (χ0n) is 8.64. The van der Waals surface area contributed by atoms with Crippen LogP contribution in [0.3, 0.4) is 0 Å². The van der Waals surface area contributed by atoms with E-state index >= 15 is 0 Å². The molecule has 0 fully saturated rings. The third-order valence-electron chi connectivity index (χ3n) is 2.16. The van der Waals surface area contributed by atoms with Gasteiger partial charge in [-0.25, -0.2) is 0 Å². The highest BCUT2D eigenvalue weighted by atomic mass is 16.3. The van der Waals surface area contributed by atoms with Gasteiger partial charge >= 0.3 is 0 Å². The number of aliphatic hydroxyl groups is 1. The maximum atomic E-state index is 10.1. The van der Waals surface area contributed by atoms with Crippen LogP contribution in [0.4, 0.5) is 0 Å². The van der Waals surface area contributed by atoms with Crippen molar-refractivity contribution in [3.8, 4) is 0 Å². The first-order valence-corrected chi connectivity index (χ1v) is 5.02. The van der Waals surface area contributed by atoms with E-state index < -0.39 is 5.60 Å². The summed E-state index contributed by atoms with van der Waals surface area (Å²) in [5.41, 5.74) is -0.435. The van der Waals surface area contributed by atoms with Gasteiger partial charge in [0, 0.05) is 0 Å². The standard InChI is InChI=1S/C11H22O/c1-4-7-10-11(12,8-5-2)9-6-3/h4,7,12H,5-6,8-10H2,1-3H3. The zero-order chi connectivity index (χ0) is 9.45. The van der Waals surface area contributed by atoms with Crippen molar-refractivity contribution >= 4 is 0 Å². The van der Waals surface area contributed by atoms with Crippen molar-refractivity contribution in [1.29, 1.82) is 0 Å². The molecule has 0 radical (unpaired) electrons. The third-order valence-corrected chi connectivity index (χ3v) is 2.16. The molecule has 1 heteroatoms. The van der Waals surface area contributed by atoms with E-state index in [-0.39, 0.29) is 0 Å². The average molecular weight is 170 g/mol. The summed E-state index contributed by atoms with van der Waals surface area (Å²) in [6.45, 7) is 6.24. The molecule has 0 spiro atoms. The fraction of sp³-hybridized carbons (Fsp3) is 0.818. The van der Waals surface area contributed by atoms with Gasteiger partial charge in [-0.15, -0.1) is 0 Å². The van der Waals surface area contributed by atoms with E-state index in [2.05, 4.69) is 19.9 Å². The highest BCUT2D eigenvalue weighted by molar-refractivity contribution is 4.89. The van der Waals surface area contributed by atoms with Gasteiger partial charge in [-0.05, 0) is 26.2 Å². The van der Waals surface area contributed by atoms with Crippen LogP contribution in [0, 0.1) is 0 Å². The summed E-state index contributed by atoms with van der Waals surface area (Å²) in [7, 11) is 0. The molecule has 0 aliphatic carbocycles. The van der Waals surface area contributed by atoms with Gasteiger partial charge in [-0.1, -0.05) is 38.8 Å². The molecule has 0 saturated carbocycles. The minimum Gasteiger partial charge on any atom is -0.390 e. The Morgan fingerprint density at radius 1 is 1.17 bits per heavy atom. The van der Waals surface area contributed by atoms with Crippen LogP contribution >= 0.6 is 0 Å². The Morgan fingerprint density at radius 3 is 2.00 bits per heavy atom. The normalized spacial score (nSPS) is 12.7. The van der Waals surface area contributed by atoms with Gasteiger partial charge in [0.15, 0.2) is 0 Å². The molecule has 0 aromatic rings. The lowest BCUT2D eigenvalue weighted by Gasteiger charge is -2.25. The number of hydrogen-bond acceptors (Lipinski definition) is 1. The van der Waals surface area contributed by atoms with Gasteiger partial charge in [0.2, 0.25) is 0 Å². The van der Waals surface area contributed by atoms with Crippen LogP contribution in [0.2, 0.25) is 0 Å². The predicted octanol–water partition coefficient (Wildman–Crippen LogP) is 3.28. The molecule has 0 amide bonds. The van der Waals surface area contributed by atoms with E-state index in [0.717, 1.165) is 32.1 Å². The van der Waals surface area contributed by atoms with E-state index in [4.69, 9.17) is 0 Å². The van der Waals surface area contributed by atoms with Crippen molar-refractivity contribution in [2.24, 2.45) is 0 Å². The lowest BCUT2D eigenvalue weighted by atomic mass is 9.89. The topological polar surface area (TPSA) is 20.2 Å². The zero-order valence-corrected chi connectivity index (χ0v) is 8.64. The Morgan fingerprint density at radius 2 is 1.67 bits per heavy atom. The molecule has 0 aromatic carbocycles. The molecule has 1 N–H and O–H groups in total. The first kappa shape index (κ1) is 11.7. The molecule has 0 heterocycles. The molecule has 0 aliphatic rings. The Bertz CT molecular complexity index is 121. The van der Waals surface area contributed by atoms with Crippen LogP contribution in [-0.4, -0.2) is 10.7 Å². The van der Waals surface area contributed by atoms with Gasteiger partial charge < -0.3 is 5.11 Å². The van der Waals surface area contributed by atoms with E-state index in [1.165, 1.54) is 0 Å². The minimum atomic E-state index is -0.435. The van der Waals surface area contributed by atoms with Crippen molar-refractivity contribution < 1.29 is 5.11 Å². The van der Waals surface area contributed by atoms with Crippen LogP contribution in [0.1, 0.15) is 52.9 Å². The third kappa shape index (κ3) is 4.55.